The van der Waals surface area contributed by atoms with Crippen molar-refractivity contribution < 1.29 is 0 Å². The average Bonchev–Trinajstić information content (AvgIpc) is 2.36. The minimum atomic E-state index is 0.533. The average molecular weight is 338 g/mol. The van der Waals surface area contributed by atoms with Gasteiger partial charge in [-0.2, -0.15) is 0 Å². The fraction of sp³-hybridized carbons (Fsp3) is 0.286. The number of halogens is 1. The van der Waals surface area contributed by atoms with Gasteiger partial charge in [0.2, 0.25) is 0 Å². The molecular weight excluding hydrogens is 322 g/mol. The Morgan fingerprint density at radius 1 is 1.16 bits per heavy atom. The van der Waals surface area contributed by atoms with Gasteiger partial charge in [-0.1, -0.05) is 22.0 Å². The van der Waals surface area contributed by atoms with E-state index in [9.17, 15) is 0 Å². The number of benzene rings is 1. The highest BCUT2D eigenvalue weighted by Crippen LogP contribution is 2.29. The molecule has 1 heterocycles. The van der Waals surface area contributed by atoms with Crippen LogP contribution in [0.3, 0.4) is 0 Å². The molecule has 1 aromatic heterocycles. The third kappa shape index (κ3) is 3.35. The standard InChI is InChI=1S/C14H16BrN3S/c1-8-9(2)17-14(18-10(8)3)19-12-5-4-11(7-16)13(15)6-12/h4-6H,7,16H2,1-3H3. The maximum atomic E-state index is 5.65. The number of aromatic nitrogens is 2. The zero-order valence-electron chi connectivity index (χ0n) is 11.2. The Morgan fingerprint density at radius 2 is 1.79 bits per heavy atom. The molecule has 1 aromatic carbocycles. The third-order valence-corrected chi connectivity index (χ3v) is 4.66. The number of hydrogen-bond acceptors (Lipinski definition) is 4. The van der Waals surface area contributed by atoms with Gasteiger partial charge in [0.25, 0.3) is 0 Å². The lowest BCUT2D eigenvalue weighted by molar-refractivity contribution is 0.881. The predicted octanol–water partition coefficient (Wildman–Crippen LogP) is 3.77. The lowest BCUT2D eigenvalue weighted by Crippen LogP contribution is -1.98. The molecule has 0 saturated carbocycles. The molecule has 100 valence electrons. The Kier molecular flexibility index (Phi) is 4.60. The molecule has 0 unspecified atom stereocenters. The van der Waals surface area contributed by atoms with Crippen LogP contribution in [0.15, 0.2) is 32.7 Å². The third-order valence-electron chi connectivity index (χ3n) is 3.07. The van der Waals surface area contributed by atoms with Crippen LogP contribution in [-0.4, -0.2) is 9.97 Å². The Morgan fingerprint density at radius 3 is 2.32 bits per heavy atom. The van der Waals surface area contributed by atoms with Crippen LogP contribution in [0.1, 0.15) is 22.5 Å². The maximum absolute atomic E-state index is 5.65. The van der Waals surface area contributed by atoms with Crippen LogP contribution in [0.2, 0.25) is 0 Å². The topological polar surface area (TPSA) is 51.8 Å². The second kappa shape index (κ2) is 6.03. The first-order chi connectivity index (χ1) is 9.01. The van der Waals surface area contributed by atoms with Gasteiger partial charge >= 0.3 is 0 Å². The van der Waals surface area contributed by atoms with Crippen LogP contribution in [0, 0.1) is 20.8 Å². The molecule has 0 bridgehead atoms. The zero-order valence-corrected chi connectivity index (χ0v) is 13.6. The first kappa shape index (κ1) is 14.5. The quantitative estimate of drug-likeness (QED) is 0.866. The summed E-state index contributed by atoms with van der Waals surface area (Å²) in [6.07, 6.45) is 0. The van der Waals surface area contributed by atoms with Crippen molar-refractivity contribution in [3.05, 3.63) is 45.2 Å². The first-order valence-electron chi connectivity index (χ1n) is 5.99. The number of hydrogen-bond donors (Lipinski definition) is 1. The van der Waals surface area contributed by atoms with Crippen molar-refractivity contribution in [3.8, 4) is 0 Å². The van der Waals surface area contributed by atoms with Gasteiger partial charge in [-0.25, -0.2) is 9.97 Å². The number of rotatable bonds is 3. The van der Waals surface area contributed by atoms with Crippen LogP contribution in [0.5, 0.6) is 0 Å². The molecule has 0 aliphatic carbocycles. The minimum Gasteiger partial charge on any atom is -0.326 e. The van der Waals surface area contributed by atoms with Crippen LogP contribution in [0.25, 0.3) is 0 Å². The lowest BCUT2D eigenvalue weighted by Gasteiger charge is -2.08. The zero-order chi connectivity index (χ0) is 14.0. The van der Waals surface area contributed by atoms with Crippen molar-refractivity contribution in [2.75, 3.05) is 0 Å². The molecule has 2 aromatic rings. The molecule has 0 aliphatic heterocycles. The molecule has 0 saturated heterocycles. The van der Waals surface area contributed by atoms with Crippen molar-refractivity contribution in [2.24, 2.45) is 5.73 Å². The van der Waals surface area contributed by atoms with E-state index in [1.807, 2.05) is 32.9 Å². The molecule has 0 radical (unpaired) electrons. The molecule has 3 nitrogen and oxygen atoms in total. The van der Waals surface area contributed by atoms with E-state index in [1.54, 1.807) is 11.8 Å². The summed E-state index contributed by atoms with van der Waals surface area (Å²) in [4.78, 5) is 10.1. The molecule has 0 amide bonds. The fourth-order valence-corrected chi connectivity index (χ4v) is 3.23. The molecule has 5 heteroatoms. The van der Waals surface area contributed by atoms with E-state index in [0.717, 1.165) is 37.0 Å². The van der Waals surface area contributed by atoms with Gasteiger partial charge in [0.1, 0.15) is 0 Å². The molecular formula is C14H16BrN3S. The summed E-state index contributed by atoms with van der Waals surface area (Å²) in [5.41, 5.74) is 9.97. The van der Waals surface area contributed by atoms with Crippen molar-refractivity contribution in [1.29, 1.82) is 0 Å². The number of nitrogens with zero attached hydrogens (tertiary/aromatic N) is 2. The van der Waals surface area contributed by atoms with Crippen molar-refractivity contribution in [3.63, 3.8) is 0 Å². The van der Waals surface area contributed by atoms with Gasteiger partial charge in [-0.15, -0.1) is 0 Å². The smallest absolute Gasteiger partial charge is 0.192 e. The summed E-state index contributed by atoms with van der Waals surface area (Å²) in [6.45, 7) is 6.61. The molecule has 0 atom stereocenters. The van der Waals surface area contributed by atoms with Gasteiger partial charge in [0, 0.05) is 27.3 Å². The highest BCUT2D eigenvalue weighted by molar-refractivity contribution is 9.10. The van der Waals surface area contributed by atoms with E-state index in [0.29, 0.717) is 6.54 Å². The van der Waals surface area contributed by atoms with E-state index < -0.39 is 0 Å². The monoisotopic (exact) mass is 337 g/mol. The summed E-state index contributed by atoms with van der Waals surface area (Å²) in [6, 6.07) is 6.13. The Hall–Kier alpha value is -0.910. The number of nitrogens with two attached hydrogens (primary N) is 1. The summed E-state index contributed by atoms with van der Waals surface area (Å²) in [5, 5.41) is 0.785. The van der Waals surface area contributed by atoms with E-state index >= 15 is 0 Å². The fourth-order valence-electron chi connectivity index (χ4n) is 1.65. The van der Waals surface area contributed by atoms with Gasteiger partial charge in [-0.3, -0.25) is 0 Å². The second-order valence-corrected chi connectivity index (χ2v) is 6.26. The molecule has 0 fully saturated rings. The molecule has 2 N–H and O–H groups in total. The number of aryl methyl sites for hydroxylation is 2. The largest absolute Gasteiger partial charge is 0.326 e. The molecule has 2 rings (SSSR count). The van der Waals surface area contributed by atoms with E-state index in [4.69, 9.17) is 5.73 Å². The van der Waals surface area contributed by atoms with Crippen molar-refractivity contribution in [2.45, 2.75) is 37.4 Å². The van der Waals surface area contributed by atoms with Crippen LogP contribution < -0.4 is 5.73 Å². The van der Waals surface area contributed by atoms with Crippen molar-refractivity contribution >= 4 is 27.7 Å². The van der Waals surface area contributed by atoms with E-state index in [1.165, 1.54) is 0 Å². The van der Waals surface area contributed by atoms with Gasteiger partial charge < -0.3 is 5.73 Å². The van der Waals surface area contributed by atoms with Crippen LogP contribution in [-0.2, 0) is 6.54 Å². The summed E-state index contributed by atoms with van der Waals surface area (Å²) in [7, 11) is 0. The minimum absolute atomic E-state index is 0.533. The Bertz CT molecular complexity index is 591. The highest BCUT2D eigenvalue weighted by Gasteiger charge is 2.07. The Balaban J connectivity index is 2.29. The van der Waals surface area contributed by atoms with E-state index in [2.05, 4.69) is 32.0 Å². The summed E-state index contributed by atoms with van der Waals surface area (Å²) in [5.74, 6) is 0. The molecule has 0 spiro atoms. The van der Waals surface area contributed by atoms with Crippen LogP contribution in [0.4, 0.5) is 0 Å². The SMILES string of the molecule is Cc1nc(Sc2ccc(CN)c(Br)c2)nc(C)c1C. The van der Waals surface area contributed by atoms with Crippen molar-refractivity contribution in [1.82, 2.24) is 9.97 Å². The highest BCUT2D eigenvalue weighted by atomic mass is 79.9. The second-order valence-electron chi connectivity index (χ2n) is 4.36. The Labute approximate surface area is 126 Å². The normalized spacial score (nSPS) is 10.8. The van der Waals surface area contributed by atoms with Gasteiger partial charge in [0.15, 0.2) is 5.16 Å². The summed E-state index contributed by atoms with van der Waals surface area (Å²) < 4.78 is 1.03. The van der Waals surface area contributed by atoms with E-state index in [-0.39, 0.29) is 0 Å². The summed E-state index contributed by atoms with van der Waals surface area (Å²) >= 11 is 5.09. The van der Waals surface area contributed by atoms with Gasteiger partial charge in [0.05, 0.1) is 0 Å². The lowest BCUT2D eigenvalue weighted by atomic mass is 10.2. The maximum Gasteiger partial charge on any atom is 0.192 e. The molecule has 0 aliphatic rings. The van der Waals surface area contributed by atoms with Gasteiger partial charge in [-0.05, 0) is 55.8 Å². The molecule has 19 heavy (non-hydrogen) atoms. The first-order valence-corrected chi connectivity index (χ1v) is 7.60. The predicted molar refractivity (Wildman–Crippen MR) is 82.4 cm³/mol. The van der Waals surface area contributed by atoms with Crippen LogP contribution >= 0.6 is 27.7 Å².